The van der Waals surface area contributed by atoms with E-state index in [1.807, 2.05) is 24.3 Å². The molecule has 3 aromatic carbocycles. The summed E-state index contributed by atoms with van der Waals surface area (Å²) in [7, 11) is -3.32. The Labute approximate surface area is 229 Å². The molecule has 2 saturated carbocycles. The average molecular weight is 538 g/mol. The number of hydrogen-bond donors (Lipinski definition) is 1. The Bertz CT molecular complexity index is 1680. The molecule has 6 nitrogen and oxygen atoms in total. The lowest BCUT2D eigenvalue weighted by Crippen LogP contribution is -2.28. The summed E-state index contributed by atoms with van der Waals surface area (Å²) < 4.78 is 26.5. The van der Waals surface area contributed by atoms with E-state index in [1.54, 1.807) is 19.1 Å². The quantitative estimate of drug-likeness (QED) is 0.262. The maximum absolute atomic E-state index is 13.2. The molecule has 4 aromatic rings. The zero-order valence-corrected chi connectivity index (χ0v) is 22.7. The van der Waals surface area contributed by atoms with Crippen molar-refractivity contribution in [3.8, 4) is 11.8 Å². The minimum Gasteiger partial charge on any atom is -0.344 e. The van der Waals surface area contributed by atoms with Gasteiger partial charge >= 0.3 is 0 Å². The zero-order chi connectivity index (χ0) is 27.1. The van der Waals surface area contributed by atoms with E-state index in [9.17, 15) is 18.5 Å². The summed E-state index contributed by atoms with van der Waals surface area (Å²) in [6.45, 7) is 1.60. The van der Waals surface area contributed by atoms with Gasteiger partial charge in [-0.2, -0.15) is 5.26 Å². The average Bonchev–Trinajstić information content (AvgIpc) is 3.89. The van der Waals surface area contributed by atoms with Gasteiger partial charge in [-0.3, -0.25) is 4.79 Å². The second-order valence-corrected chi connectivity index (χ2v) is 13.0. The lowest BCUT2D eigenvalue weighted by Gasteiger charge is -2.17. The number of carbonyl (C=O) groups is 1. The number of fused-ring (bicyclic) bond motifs is 1. The molecule has 198 valence electrons. The Kier molecular flexibility index (Phi) is 6.52. The monoisotopic (exact) mass is 537 g/mol. The van der Waals surface area contributed by atoms with Gasteiger partial charge in [0.2, 0.25) is 0 Å². The Morgan fingerprint density at radius 1 is 0.974 bits per heavy atom. The number of sulfone groups is 1. The van der Waals surface area contributed by atoms with E-state index < -0.39 is 15.9 Å². The highest BCUT2D eigenvalue weighted by molar-refractivity contribution is 7.91. The second-order valence-electron chi connectivity index (χ2n) is 10.7. The molecule has 2 aliphatic rings. The van der Waals surface area contributed by atoms with Crippen molar-refractivity contribution in [3.05, 3.63) is 95.2 Å². The van der Waals surface area contributed by atoms with Crippen LogP contribution in [0.3, 0.4) is 0 Å². The number of carbonyl (C=O) groups excluding carboxylic acids is 1. The topological polar surface area (TPSA) is 92.0 Å². The minimum atomic E-state index is -3.32. The van der Waals surface area contributed by atoms with Crippen molar-refractivity contribution in [2.75, 3.05) is 5.75 Å². The number of amides is 1. The predicted octanol–water partition coefficient (Wildman–Crippen LogP) is 6.56. The second kappa shape index (κ2) is 10.0. The highest BCUT2D eigenvalue weighted by Crippen LogP contribution is 2.46. The molecule has 0 radical (unpaired) electrons. The van der Waals surface area contributed by atoms with Crippen LogP contribution in [0.2, 0.25) is 0 Å². The number of nitrogens with zero attached hydrogens (tertiary/aromatic N) is 2. The van der Waals surface area contributed by atoms with Gasteiger partial charge in [-0.15, -0.1) is 0 Å². The fourth-order valence-corrected chi connectivity index (χ4v) is 6.16. The van der Waals surface area contributed by atoms with Crippen LogP contribution >= 0.6 is 0 Å². The number of nitriles is 1. The number of benzene rings is 3. The Hall–Kier alpha value is -3.89. The maximum atomic E-state index is 13.2. The Morgan fingerprint density at radius 2 is 1.64 bits per heavy atom. The van der Waals surface area contributed by atoms with E-state index in [1.165, 1.54) is 54.6 Å². The van der Waals surface area contributed by atoms with Crippen LogP contribution in [0.4, 0.5) is 0 Å². The molecule has 1 heterocycles. The SMILES string of the molecule is CCS(=O)(=O)c1ccc(C(CC#N)NC(=O)c2ccc3c(ccn3-c3cc(C4CC4)cc(C4CC4)c3)c2)cc1. The van der Waals surface area contributed by atoms with E-state index in [-0.39, 0.29) is 23.0 Å². The normalized spacial score (nSPS) is 16.1. The lowest BCUT2D eigenvalue weighted by atomic mass is 10.0. The summed E-state index contributed by atoms with van der Waals surface area (Å²) in [5.74, 6) is 1.12. The van der Waals surface area contributed by atoms with Crippen LogP contribution in [0.1, 0.15) is 84.0 Å². The third kappa shape index (κ3) is 5.22. The van der Waals surface area contributed by atoms with Gasteiger partial charge in [0, 0.05) is 22.8 Å². The highest BCUT2D eigenvalue weighted by atomic mass is 32.2. The molecule has 0 bridgehead atoms. The van der Waals surface area contributed by atoms with Crippen molar-refractivity contribution in [2.45, 2.75) is 61.8 Å². The van der Waals surface area contributed by atoms with Gasteiger partial charge in [0.15, 0.2) is 9.84 Å². The molecule has 0 saturated heterocycles. The van der Waals surface area contributed by atoms with Gasteiger partial charge in [0.25, 0.3) is 5.91 Å². The van der Waals surface area contributed by atoms with E-state index in [4.69, 9.17) is 0 Å². The fraction of sp³-hybridized carbons (Fsp3) is 0.312. The molecule has 0 aliphatic heterocycles. The largest absolute Gasteiger partial charge is 0.344 e. The van der Waals surface area contributed by atoms with Crippen molar-refractivity contribution in [2.24, 2.45) is 0 Å². The van der Waals surface area contributed by atoms with Gasteiger partial charge in [-0.25, -0.2) is 8.42 Å². The first-order chi connectivity index (χ1) is 18.9. The van der Waals surface area contributed by atoms with Gasteiger partial charge in [0.05, 0.1) is 34.7 Å². The zero-order valence-electron chi connectivity index (χ0n) is 21.9. The Morgan fingerprint density at radius 3 is 2.23 bits per heavy atom. The van der Waals surface area contributed by atoms with Crippen molar-refractivity contribution in [1.82, 2.24) is 9.88 Å². The molecular formula is C32H31N3O3S. The highest BCUT2D eigenvalue weighted by Gasteiger charge is 2.29. The van der Waals surface area contributed by atoms with E-state index >= 15 is 0 Å². The maximum Gasteiger partial charge on any atom is 0.251 e. The summed E-state index contributed by atoms with van der Waals surface area (Å²) >= 11 is 0. The van der Waals surface area contributed by atoms with E-state index in [2.05, 4.69) is 40.3 Å². The fourth-order valence-electron chi connectivity index (χ4n) is 5.27. The van der Waals surface area contributed by atoms with Crippen LogP contribution in [0.15, 0.2) is 77.8 Å². The number of nitrogens with one attached hydrogen (secondary N) is 1. The van der Waals surface area contributed by atoms with Crippen molar-refractivity contribution in [3.63, 3.8) is 0 Å². The molecule has 1 aromatic heterocycles. The van der Waals surface area contributed by atoms with Crippen LogP contribution in [0.25, 0.3) is 16.6 Å². The van der Waals surface area contributed by atoms with E-state index in [0.29, 0.717) is 23.0 Å². The molecule has 1 amide bonds. The standard InChI is InChI=1S/C32H31N3O3S/c1-2-39(37,38)29-10-7-23(8-11-29)30(13-15-33)34-32(36)25-9-12-31-24(17-25)14-16-35(31)28-19-26(21-3-4-21)18-27(20-28)22-5-6-22/h7-12,14,16-22,30H,2-6,13H2,1H3,(H,34,36). The smallest absolute Gasteiger partial charge is 0.251 e. The molecule has 6 rings (SSSR count). The van der Waals surface area contributed by atoms with E-state index in [0.717, 1.165) is 10.9 Å². The van der Waals surface area contributed by atoms with Crippen molar-refractivity contribution >= 4 is 26.6 Å². The molecule has 39 heavy (non-hydrogen) atoms. The first-order valence-corrected chi connectivity index (χ1v) is 15.3. The summed E-state index contributed by atoms with van der Waals surface area (Å²) in [5.41, 5.74) is 6.30. The molecule has 1 N–H and O–H groups in total. The van der Waals surface area contributed by atoms with Crippen LogP contribution in [0.5, 0.6) is 0 Å². The number of rotatable bonds is 9. The number of aromatic nitrogens is 1. The van der Waals surface area contributed by atoms with Crippen LogP contribution in [-0.4, -0.2) is 24.6 Å². The molecule has 1 atom stereocenters. The molecule has 2 fully saturated rings. The molecule has 2 aliphatic carbocycles. The van der Waals surface area contributed by atoms with Crippen LogP contribution in [-0.2, 0) is 9.84 Å². The summed E-state index contributed by atoms with van der Waals surface area (Å²) in [6.07, 6.45) is 7.23. The van der Waals surface area contributed by atoms with Crippen molar-refractivity contribution < 1.29 is 13.2 Å². The Balaban J connectivity index is 1.25. The van der Waals surface area contributed by atoms with Crippen molar-refractivity contribution in [1.29, 1.82) is 5.26 Å². The number of hydrogen-bond acceptors (Lipinski definition) is 4. The third-order valence-electron chi connectivity index (χ3n) is 7.91. The van der Waals surface area contributed by atoms with Gasteiger partial charge < -0.3 is 9.88 Å². The first-order valence-electron chi connectivity index (χ1n) is 13.6. The first kappa shape index (κ1) is 25.4. The summed E-state index contributed by atoms with van der Waals surface area (Å²) in [5, 5.41) is 13.3. The molecule has 0 spiro atoms. The molecular weight excluding hydrogens is 506 g/mol. The third-order valence-corrected chi connectivity index (χ3v) is 9.66. The lowest BCUT2D eigenvalue weighted by molar-refractivity contribution is 0.0937. The summed E-state index contributed by atoms with van der Waals surface area (Å²) in [6, 6.07) is 22.7. The van der Waals surface area contributed by atoms with Gasteiger partial charge in [-0.05, 0) is 103 Å². The van der Waals surface area contributed by atoms with Gasteiger partial charge in [0.1, 0.15) is 0 Å². The predicted molar refractivity (Wildman–Crippen MR) is 152 cm³/mol. The summed E-state index contributed by atoms with van der Waals surface area (Å²) in [4.78, 5) is 13.5. The minimum absolute atomic E-state index is 0.0164. The molecule has 1 unspecified atom stereocenters. The molecule has 7 heteroatoms. The van der Waals surface area contributed by atoms with Crippen LogP contribution < -0.4 is 5.32 Å². The van der Waals surface area contributed by atoms with Gasteiger partial charge in [-0.1, -0.05) is 25.1 Å². The van der Waals surface area contributed by atoms with Crippen LogP contribution in [0, 0.1) is 11.3 Å².